The lowest BCUT2D eigenvalue weighted by molar-refractivity contribution is -0.128. The van der Waals surface area contributed by atoms with E-state index in [1.807, 2.05) is 0 Å². The van der Waals surface area contributed by atoms with E-state index in [0.717, 1.165) is 13.0 Å². The molecule has 92 valence electrons. The number of benzene rings is 1. The fourth-order valence-corrected chi connectivity index (χ4v) is 2.20. The van der Waals surface area contributed by atoms with Crippen LogP contribution >= 0.6 is 0 Å². The van der Waals surface area contributed by atoms with Crippen molar-refractivity contribution in [2.75, 3.05) is 12.3 Å². The first kappa shape index (κ1) is 11.9. The lowest BCUT2D eigenvalue weighted by atomic mass is 10.1. The largest absolute Gasteiger partial charge is 0.398 e. The van der Waals surface area contributed by atoms with Gasteiger partial charge in [0.1, 0.15) is 5.82 Å². The van der Waals surface area contributed by atoms with Crippen molar-refractivity contribution >= 4 is 11.6 Å². The monoisotopic (exact) mass is 236 g/mol. The Morgan fingerprint density at radius 2 is 2.29 bits per heavy atom. The summed E-state index contributed by atoms with van der Waals surface area (Å²) in [5, 5.41) is 0. The zero-order chi connectivity index (χ0) is 12.4. The van der Waals surface area contributed by atoms with E-state index in [2.05, 4.69) is 6.92 Å². The van der Waals surface area contributed by atoms with Crippen molar-refractivity contribution < 1.29 is 9.18 Å². The Hall–Kier alpha value is -1.58. The summed E-state index contributed by atoms with van der Waals surface area (Å²) in [4.78, 5) is 13.5. The van der Waals surface area contributed by atoms with Crippen LogP contribution in [0.1, 0.15) is 25.3 Å². The van der Waals surface area contributed by atoms with Crippen molar-refractivity contribution in [3.8, 4) is 0 Å². The van der Waals surface area contributed by atoms with Gasteiger partial charge in [-0.05, 0) is 29.7 Å². The third-order valence-corrected chi connectivity index (χ3v) is 3.34. The molecule has 4 heteroatoms. The number of halogens is 1. The number of nitrogens with two attached hydrogens (primary N) is 1. The maximum atomic E-state index is 13.1. The zero-order valence-electron chi connectivity index (χ0n) is 9.95. The van der Waals surface area contributed by atoms with E-state index in [1.54, 1.807) is 11.0 Å². The molecule has 2 N–H and O–H groups in total. The van der Waals surface area contributed by atoms with Gasteiger partial charge in [-0.25, -0.2) is 4.39 Å². The van der Waals surface area contributed by atoms with Crippen molar-refractivity contribution in [3.05, 3.63) is 29.6 Å². The molecule has 1 unspecified atom stereocenters. The summed E-state index contributed by atoms with van der Waals surface area (Å²) in [6, 6.07) is 4.28. The topological polar surface area (TPSA) is 46.3 Å². The third-order valence-electron chi connectivity index (χ3n) is 3.34. The summed E-state index contributed by atoms with van der Waals surface area (Å²) in [5.41, 5.74) is 7.01. The van der Waals surface area contributed by atoms with Crippen LogP contribution in [0.15, 0.2) is 18.2 Å². The number of hydrogen-bond donors (Lipinski definition) is 1. The summed E-state index contributed by atoms with van der Waals surface area (Å²) in [6.45, 7) is 3.25. The molecule has 1 atom stereocenters. The van der Waals surface area contributed by atoms with Gasteiger partial charge in [0.25, 0.3) is 0 Å². The highest BCUT2D eigenvalue weighted by atomic mass is 19.1. The highest BCUT2D eigenvalue weighted by Crippen LogP contribution is 2.24. The molecular weight excluding hydrogens is 219 g/mol. The number of likely N-dealkylation sites (tertiary alicyclic amines) is 1. The second-order valence-electron chi connectivity index (χ2n) is 4.60. The molecule has 3 nitrogen and oxygen atoms in total. The van der Waals surface area contributed by atoms with Crippen molar-refractivity contribution in [3.63, 3.8) is 0 Å². The van der Waals surface area contributed by atoms with Crippen LogP contribution in [-0.2, 0) is 11.3 Å². The number of carbonyl (C=O) groups is 1. The molecule has 0 radical (unpaired) electrons. The van der Waals surface area contributed by atoms with Crippen molar-refractivity contribution in [2.45, 2.75) is 26.3 Å². The average Bonchev–Trinajstić information content (AvgIpc) is 2.65. The van der Waals surface area contributed by atoms with Crippen LogP contribution in [0, 0.1) is 11.7 Å². The second kappa shape index (κ2) is 4.73. The molecule has 0 saturated carbocycles. The maximum Gasteiger partial charge on any atom is 0.223 e. The fraction of sp³-hybridized carbons (Fsp3) is 0.462. The maximum absolute atomic E-state index is 13.1. The van der Waals surface area contributed by atoms with E-state index in [1.165, 1.54) is 12.1 Å². The van der Waals surface area contributed by atoms with Gasteiger partial charge in [0.15, 0.2) is 0 Å². The first-order chi connectivity index (χ1) is 8.10. The van der Waals surface area contributed by atoms with Crippen molar-refractivity contribution in [1.82, 2.24) is 4.90 Å². The number of nitrogen functional groups attached to an aromatic ring is 1. The summed E-state index contributed by atoms with van der Waals surface area (Å²) >= 11 is 0. The van der Waals surface area contributed by atoms with Gasteiger partial charge < -0.3 is 10.6 Å². The number of carbonyl (C=O) groups excluding carboxylic acids is 1. The highest BCUT2D eigenvalue weighted by Gasteiger charge is 2.28. The summed E-state index contributed by atoms with van der Waals surface area (Å²) < 4.78 is 13.1. The smallest absolute Gasteiger partial charge is 0.223 e. The van der Waals surface area contributed by atoms with Gasteiger partial charge in [-0.3, -0.25) is 4.79 Å². The minimum atomic E-state index is -0.312. The predicted molar refractivity (Wildman–Crippen MR) is 64.6 cm³/mol. The Balaban J connectivity index is 2.11. The molecule has 0 bridgehead atoms. The Labute approximate surface area is 100 Å². The fourth-order valence-electron chi connectivity index (χ4n) is 2.20. The summed E-state index contributed by atoms with van der Waals surface area (Å²) in [6.07, 6.45) is 1.60. The number of nitrogens with zero attached hydrogens (tertiary/aromatic N) is 1. The number of rotatable bonds is 3. The van der Waals surface area contributed by atoms with Crippen LogP contribution in [0.4, 0.5) is 10.1 Å². The van der Waals surface area contributed by atoms with Crippen LogP contribution in [0.3, 0.4) is 0 Å². The minimum absolute atomic E-state index is 0.139. The SMILES string of the molecule is CCC1CC(=O)N(Cc2cc(F)ccc2N)C1. The van der Waals surface area contributed by atoms with Crippen LogP contribution in [0.25, 0.3) is 0 Å². The van der Waals surface area contributed by atoms with E-state index in [-0.39, 0.29) is 11.7 Å². The number of amides is 1. The highest BCUT2D eigenvalue weighted by molar-refractivity contribution is 5.78. The predicted octanol–water partition coefficient (Wildman–Crippen LogP) is 2.17. The van der Waals surface area contributed by atoms with Crippen LogP contribution in [0.2, 0.25) is 0 Å². The standard InChI is InChI=1S/C13H17FN2O/c1-2-9-5-13(17)16(7-9)8-10-6-11(14)3-4-12(10)15/h3-4,6,9H,2,5,7-8,15H2,1H3. The molecule has 2 rings (SSSR count). The van der Waals surface area contributed by atoms with E-state index in [4.69, 9.17) is 5.73 Å². The van der Waals surface area contributed by atoms with Gasteiger partial charge in [-0.15, -0.1) is 0 Å². The summed E-state index contributed by atoms with van der Waals surface area (Å²) in [5.74, 6) is 0.255. The van der Waals surface area contributed by atoms with E-state index in [0.29, 0.717) is 30.1 Å². The van der Waals surface area contributed by atoms with Gasteiger partial charge >= 0.3 is 0 Å². The van der Waals surface area contributed by atoms with Gasteiger partial charge in [0, 0.05) is 25.2 Å². The number of hydrogen-bond acceptors (Lipinski definition) is 2. The van der Waals surface area contributed by atoms with E-state index >= 15 is 0 Å². The molecule has 0 aliphatic carbocycles. The quantitative estimate of drug-likeness (QED) is 0.817. The number of anilines is 1. The molecule has 17 heavy (non-hydrogen) atoms. The molecule has 0 aromatic heterocycles. The van der Waals surface area contributed by atoms with Crippen LogP contribution < -0.4 is 5.73 Å². The molecule has 1 fully saturated rings. The van der Waals surface area contributed by atoms with Gasteiger partial charge in [-0.1, -0.05) is 13.3 Å². The second-order valence-corrected chi connectivity index (χ2v) is 4.60. The molecule has 1 amide bonds. The zero-order valence-corrected chi connectivity index (χ0v) is 9.95. The Kier molecular flexibility index (Phi) is 3.31. The van der Waals surface area contributed by atoms with E-state index < -0.39 is 0 Å². The molecule has 1 aromatic rings. The molecular formula is C13H17FN2O. The van der Waals surface area contributed by atoms with Crippen molar-refractivity contribution in [1.29, 1.82) is 0 Å². The molecule has 1 heterocycles. The molecule has 1 aromatic carbocycles. The Morgan fingerprint density at radius 1 is 1.53 bits per heavy atom. The average molecular weight is 236 g/mol. The van der Waals surface area contributed by atoms with Crippen molar-refractivity contribution in [2.24, 2.45) is 5.92 Å². The lowest BCUT2D eigenvalue weighted by Crippen LogP contribution is -2.25. The lowest BCUT2D eigenvalue weighted by Gasteiger charge is -2.17. The normalized spacial score (nSPS) is 20.0. The Bertz CT molecular complexity index is 433. The molecule has 1 aliphatic rings. The molecule has 1 saturated heterocycles. The van der Waals surface area contributed by atoms with Crippen LogP contribution in [0.5, 0.6) is 0 Å². The first-order valence-corrected chi connectivity index (χ1v) is 5.91. The molecule has 1 aliphatic heterocycles. The van der Waals surface area contributed by atoms with E-state index in [9.17, 15) is 9.18 Å². The minimum Gasteiger partial charge on any atom is -0.398 e. The third kappa shape index (κ3) is 2.57. The first-order valence-electron chi connectivity index (χ1n) is 5.91. The van der Waals surface area contributed by atoms with Gasteiger partial charge in [0.2, 0.25) is 5.91 Å². The molecule has 0 spiro atoms. The van der Waals surface area contributed by atoms with Gasteiger partial charge in [-0.2, -0.15) is 0 Å². The van der Waals surface area contributed by atoms with Gasteiger partial charge in [0.05, 0.1) is 0 Å². The summed E-state index contributed by atoms with van der Waals surface area (Å²) in [7, 11) is 0. The Morgan fingerprint density at radius 3 is 2.94 bits per heavy atom. The van der Waals surface area contributed by atoms with Crippen LogP contribution in [-0.4, -0.2) is 17.4 Å².